The Balaban J connectivity index is 0.00000144. The summed E-state index contributed by atoms with van der Waals surface area (Å²) < 4.78 is 0. The van der Waals surface area contributed by atoms with Crippen molar-refractivity contribution in [1.29, 1.82) is 0 Å². The van der Waals surface area contributed by atoms with Crippen LogP contribution in [0.3, 0.4) is 0 Å². The molecule has 1 aliphatic rings. The number of pyridine rings is 1. The van der Waals surface area contributed by atoms with Crippen LogP contribution in [0.4, 0.5) is 5.69 Å². The maximum Gasteiger partial charge on any atom is 0.224 e. The van der Waals surface area contributed by atoms with Gasteiger partial charge >= 0.3 is 0 Å². The first-order valence-corrected chi connectivity index (χ1v) is 5.71. The number of nitrogens with zero attached hydrogens (tertiary/aromatic N) is 1. The molecular formula is C12H19Cl2N3O. The number of hydrogen-bond donors (Lipinski definition) is 2. The molecule has 0 spiro atoms. The fourth-order valence-electron chi connectivity index (χ4n) is 2.20. The largest absolute Gasteiger partial charge is 0.327 e. The zero-order chi connectivity index (χ0) is 11.4. The molecular weight excluding hydrogens is 273 g/mol. The maximum atomic E-state index is 11.7. The van der Waals surface area contributed by atoms with Crippen molar-refractivity contribution in [3.05, 3.63) is 24.5 Å². The summed E-state index contributed by atoms with van der Waals surface area (Å²) in [6, 6.07) is 3.77. The predicted octanol–water partition coefficient (Wildman–Crippen LogP) is 2.38. The van der Waals surface area contributed by atoms with E-state index in [1.54, 1.807) is 24.5 Å². The molecule has 1 saturated carbocycles. The van der Waals surface area contributed by atoms with Crippen LogP contribution in [0.1, 0.15) is 25.7 Å². The van der Waals surface area contributed by atoms with Crippen LogP contribution in [0, 0.1) is 5.92 Å². The lowest BCUT2D eigenvalue weighted by Gasteiger charge is -2.14. The Hall–Kier alpha value is -0.840. The van der Waals surface area contributed by atoms with Gasteiger partial charge in [0.1, 0.15) is 0 Å². The van der Waals surface area contributed by atoms with E-state index >= 15 is 0 Å². The minimum absolute atomic E-state index is 0. The van der Waals surface area contributed by atoms with E-state index in [9.17, 15) is 4.79 Å². The molecule has 0 aliphatic heterocycles. The second kappa shape index (κ2) is 8.29. The highest BCUT2D eigenvalue weighted by Gasteiger charge is 2.25. The Labute approximate surface area is 120 Å². The number of rotatable bonds is 3. The van der Waals surface area contributed by atoms with Crippen molar-refractivity contribution >= 4 is 36.4 Å². The van der Waals surface area contributed by atoms with Crippen molar-refractivity contribution in [3.63, 3.8) is 0 Å². The highest BCUT2D eigenvalue weighted by molar-refractivity contribution is 5.90. The molecule has 0 saturated heterocycles. The number of aromatic nitrogens is 1. The van der Waals surface area contributed by atoms with Crippen LogP contribution in [0.2, 0.25) is 0 Å². The Bertz CT molecular complexity index is 362. The summed E-state index contributed by atoms with van der Waals surface area (Å²) >= 11 is 0. The first-order chi connectivity index (χ1) is 7.75. The first-order valence-electron chi connectivity index (χ1n) is 5.71. The third kappa shape index (κ3) is 4.80. The van der Waals surface area contributed by atoms with E-state index in [-0.39, 0.29) is 36.8 Å². The molecule has 1 aromatic heterocycles. The third-order valence-electron chi connectivity index (χ3n) is 3.13. The first kappa shape index (κ1) is 17.2. The van der Waals surface area contributed by atoms with Gasteiger partial charge in [0.2, 0.25) is 5.91 Å². The van der Waals surface area contributed by atoms with E-state index in [4.69, 9.17) is 5.73 Å². The number of carbonyl (C=O) groups is 1. The minimum atomic E-state index is 0. The van der Waals surface area contributed by atoms with Crippen LogP contribution >= 0.6 is 24.8 Å². The predicted molar refractivity (Wildman–Crippen MR) is 77.3 cm³/mol. The number of amides is 1. The molecule has 1 heterocycles. The molecule has 1 amide bonds. The quantitative estimate of drug-likeness (QED) is 0.898. The van der Waals surface area contributed by atoms with Crippen LogP contribution in [0.25, 0.3) is 0 Å². The minimum Gasteiger partial charge on any atom is -0.327 e. The van der Waals surface area contributed by atoms with Crippen molar-refractivity contribution in [2.75, 3.05) is 5.32 Å². The van der Waals surface area contributed by atoms with E-state index in [0.29, 0.717) is 12.3 Å². The monoisotopic (exact) mass is 291 g/mol. The van der Waals surface area contributed by atoms with Crippen LogP contribution in [0.5, 0.6) is 0 Å². The van der Waals surface area contributed by atoms with Crippen LogP contribution in [-0.2, 0) is 4.79 Å². The summed E-state index contributed by atoms with van der Waals surface area (Å²) in [4.78, 5) is 15.6. The smallest absolute Gasteiger partial charge is 0.224 e. The Morgan fingerprint density at radius 2 is 2.00 bits per heavy atom. The van der Waals surface area contributed by atoms with Crippen molar-refractivity contribution in [3.8, 4) is 0 Å². The van der Waals surface area contributed by atoms with Crippen LogP contribution in [-0.4, -0.2) is 16.9 Å². The maximum absolute atomic E-state index is 11.7. The number of anilines is 1. The van der Waals surface area contributed by atoms with Gasteiger partial charge in [0.25, 0.3) is 0 Å². The Kier molecular flexibility index (Phi) is 7.91. The van der Waals surface area contributed by atoms with Crippen molar-refractivity contribution in [2.45, 2.75) is 31.7 Å². The van der Waals surface area contributed by atoms with Crippen molar-refractivity contribution in [1.82, 2.24) is 4.98 Å². The fourth-order valence-corrected chi connectivity index (χ4v) is 2.20. The lowest BCUT2D eigenvalue weighted by atomic mass is 10.00. The van der Waals surface area contributed by atoms with Crippen molar-refractivity contribution < 1.29 is 4.79 Å². The van der Waals surface area contributed by atoms with Crippen molar-refractivity contribution in [2.24, 2.45) is 11.7 Å². The number of nitrogens with one attached hydrogen (secondary N) is 1. The summed E-state index contributed by atoms with van der Waals surface area (Å²) in [6.07, 6.45) is 7.13. The van der Waals surface area contributed by atoms with E-state index in [0.717, 1.165) is 24.9 Å². The summed E-state index contributed by atoms with van der Waals surface area (Å²) in [5.74, 6) is 0.399. The van der Waals surface area contributed by atoms with Gasteiger partial charge in [-0.2, -0.15) is 0 Å². The van der Waals surface area contributed by atoms with Gasteiger partial charge in [0.05, 0.1) is 0 Å². The van der Waals surface area contributed by atoms with Gasteiger partial charge < -0.3 is 11.1 Å². The summed E-state index contributed by atoms with van der Waals surface area (Å²) in [5.41, 5.74) is 6.73. The van der Waals surface area contributed by atoms with Gasteiger partial charge in [-0.25, -0.2) is 0 Å². The molecule has 1 fully saturated rings. The number of nitrogens with two attached hydrogens (primary N) is 1. The zero-order valence-corrected chi connectivity index (χ0v) is 11.7. The summed E-state index contributed by atoms with van der Waals surface area (Å²) in [5, 5.41) is 2.85. The Morgan fingerprint density at radius 1 is 1.33 bits per heavy atom. The molecule has 2 rings (SSSR count). The molecule has 102 valence electrons. The highest BCUT2D eigenvalue weighted by Crippen LogP contribution is 2.27. The van der Waals surface area contributed by atoms with Gasteiger partial charge in [-0.1, -0.05) is 6.42 Å². The van der Waals surface area contributed by atoms with Gasteiger partial charge in [-0.3, -0.25) is 9.78 Å². The van der Waals surface area contributed by atoms with E-state index < -0.39 is 0 Å². The zero-order valence-electron chi connectivity index (χ0n) is 10.0. The van der Waals surface area contributed by atoms with E-state index in [2.05, 4.69) is 10.3 Å². The second-order valence-electron chi connectivity index (χ2n) is 4.34. The second-order valence-corrected chi connectivity index (χ2v) is 4.34. The normalized spacial score (nSPS) is 21.6. The Morgan fingerprint density at radius 3 is 2.56 bits per heavy atom. The number of halogens is 2. The number of hydrogen-bond acceptors (Lipinski definition) is 3. The van der Waals surface area contributed by atoms with Gasteiger partial charge in [0, 0.05) is 30.5 Å². The molecule has 0 unspecified atom stereocenters. The topological polar surface area (TPSA) is 68.0 Å². The van der Waals surface area contributed by atoms with Gasteiger partial charge in [-0.05, 0) is 30.9 Å². The fraction of sp³-hybridized carbons (Fsp3) is 0.500. The average molecular weight is 292 g/mol. The summed E-state index contributed by atoms with van der Waals surface area (Å²) in [7, 11) is 0. The van der Waals surface area contributed by atoms with Crippen LogP contribution < -0.4 is 11.1 Å². The molecule has 0 bridgehead atoms. The lowest BCUT2D eigenvalue weighted by molar-refractivity contribution is -0.117. The standard InChI is InChI=1S/C12H17N3O.2ClH/c13-11-3-1-2-9(11)8-12(16)15-10-4-6-14-7-5-10;;/h4-7,9,11H,1-3,8,13H2,(H,14,15,16);2*1H/t9-,11+;;/m0../s1. The third-order valence-corrected chi connectivity index (χ3v) is 3.13. The highest BCUT2D eigenvalue weighted by atomic mass is 35.5. The molecule has 6 heteroatoms. The van der Waals surface area contributed by atoms with E-state index in [1.165, 1.54) is 0 Å². The number of carbonyl (C=O) groups excluding carboxylic acids is 1. The summed E-state index contributed by atoms with van der Waals surface area (Å²) in [6.45, 7) is 0. The lowest BCUT2D eigenvalue weighted by Crippen LogP contribution is -2.28. The molecule has 2 atom stereocenters. The molecule has 1 aromatic rings. The molecule has 4 nitrogen and oxygen atoms in total. The SMILES string of the molecule is Cl.Cl.N[C@@H]1CCC[C@H]1CC(=O)Nc1ccncc1. The molecule has 1 aliphatic carbocycles. The van der Waals surface area contributed by atoms with Gasteiger partial charge in [-0.15, -0.1) is 24.8 Å². The molecule has 0 aromatic carbocycles. The molecule has 3 N–H and O–H groups in total. The van der Waals surface area contributed by atoms with E-state index in [1.807, 2.05) is 0 Å². The molecule has 0 radical (unpaired) electrons. The average Bonchev–Trinajstić information content (AvgIpc) is 2.66. The molecule has 18 heavy (non-hydrogen) atoms. The van der Waals surface area contributed by atoms with Crippen LogP contribution in [0.15, 0.2) is 24.5 Å². The van der Waals surface area contributed by atoms with Gasteiger partial charge in [0.15, 0.2) is 0 Å².